The summed E-state index contributed by atoms with van der Waals surface area (Å²) in [4.78, 5) is 6.96. The molecular weight excluding hydrogens is 180 g/mol. The molecule has 74 valence electrons. The molecule has 4 nitrogen and oxygen atoms in total. The molecule has 0 aromatic carbocycles. The average molecular weight is 192 g/mol. The van der Waals surface area contributed by atoms with E-state index in [2.05, 4.69) is 9.97 Å². The van der Waals surface area contributed by atoms with Crippen molar-refractivity contribution in [3.63, 3.8) is 0 Å². The molecule has 2 N–H and O–H groups in total. The second-order valence-electron chi connectivity index (χ2n) is 3.20. The maximum absolute atomic E-state index is 9.75. The van der Waals surface area contributed by atoms with Crippen LogP contribution >= 0.6 is 0 Å². The van der Waals surface area contributed by atoms with Crippen LogP contribution in [-0.4, -0.2) is 15.1 Å². The minimum absolute atomic E-state index is 0.444. The summed E-state index contributed by atoms with van der Waals surface area (Å²) in [5.74, 6) is 2.14. The molecule has 14 heavy (non-hydrogen) atoms. The zero-order chi connectivity index (χ0) is 9.97. The molecule has 1 unspecified atom stereocenters. The van der Waals surface area contributed by atoms with Gasteiger partial charge in [0.15, 0.2) is 0 Å². The highest BCUT2D eigenvalue weighted by Gasteiger charge is 2.13. The van der Waals surface area contributed by atoms with Crippen LogP contribution in [-0.2, 0) is 6.42 Å². The Balaban J connectivity index is 2.06. The molecule has 0 amide bonds. The SMILES string of the molecule is Cc1ccc(C(O)Cc2ncc[nH]2)o1. The number of H-pyrrole nitrogens is 1. The molecule has 0 aliphatic rings. The summed E-state index contributed by atoms with van der Waals surface area (Å²) in [6.45, 7) is 1.85. The van der Waals surface area contributed by atoms with Crippen molar-refractivity contribution in [2.24, 2.45) is 0 Å². The Labute approximate surface area is 81.6 Å². The molecular formula is C10H12N2O2. The molecule has 2 rings (SSSR count). The number of imidazole rings is 1. The standard InChI is InChI=1S/C10H12N2O2/c1-7-2-3-9(14-7)8(13)6-10-11-4-5-12-10/h2-5,8,13H,6H2,1H3,(H,11,12). The van der Waals surface area contributed by atoms with Crippen LogP contribution in [0.2, 0.25) is 0 Å². The molecule has 2 heterocycles. The molecule has 1 atom stereocenters. The Morgan fingerprint density at radius 1 is 1.57 bits per heavy atom. The Morgan fingerprint density at radius 3 is 3.00 bits per heavy atom. The van der Waals surface area contributed by atoms with Crippen molar-refractivity contribution >= 4 is 0 Å². The first kappa shape index (κ1) is 9.02. The van der Waals surface area contributed by atoms with E-state index in [1.54, 1.807) is 18.5 Å². The number of aryl methyl sites for hydroxylation is 1. The second-order valence-corrected chi connectivity index (χ2v) is 3.20. The van der Waals surface area contributed by atoms with Crippen molar-refractivity contribution < 1.29 is 9.52 Å². The molecule has 0 aliphatic carbocycles. The zero-order valence-corrected chi connectivity index (χ0v) is 7.90. The molecule has 0 aliphatic heterocycles. The Bertz CT molecular complexity index is 392. The molecule has 4 heteroatoms. The van der Waals surface area contributed by atoms with Gasteiger partial charge in [-0.3, -0.25) is 0 Å². The van der Waals surface area contributed by atoms with Gasteiger partial charge in [0.05, 0.1) is 0 Å². The van der Waals surface area contributed by atoms with Gasteiger partial charge in [-0.25, -0.2) is 4.98 Å². The van der Waals surface area contributed by atoms with Crippen LogP contribution in [0.1, 0.15) is 23.4 Å². The van der Waals surface area contributed by atoms with Crippen LogP contribution in [0.15, 0.2) is 28.9 Å². The Kier molecular flexibility index (Phi) is 2.37. The van der Waals surface area contributed by atoms with E-state index in [0.29, 0.717) is 12.2 Å². The van der Waals surface area contributed by atoms with Crippen molar-refractivity contribution in [1.29, 1.82) is 0 Å². The molecule has 2 aromatic heterocycles. The van der Waals surface area contributed by atoms with Crippen molar-refractivity contribution in [1.82, 2.24) is 9.97 Å². The van der Waals surface area contributed by atoms with E-state index in [9.17, 15) is 5.11 Å². The first-order valence-corrected chi connectivity index (χ1v) is 4.48. The van der Waals surface area contributed by atoms with Crippen molar-refractivity contribution in [3.8, 4) is 0 Å². The zero-order valence-electron chi connectivity index (χ0n) is 7.90. The van der Waals surface area contributed by atoms with E-state index in [-0.39, 0.29) is 0 Å². The highest BCUT2D eigenvalue weighted by Crippen LogP contribution is 2.18. The molecule has 2 aromatic rings. The number of furan rings is 1. The van der Waals surface area contributed by atoms with E-state index in [0.717, 1.165) is 11.6 Å². The molecule has 0 saturated heterocycles. The largest absolute Gasteiger partial charge is 0.464 e. The average Bonchev–Trinajstić information content (AvgIpc) is 2.75. The number of aromatic nitrogens is 2. The van der Waals surface area contributed by atoms with Gasteiger partial charge in [0, 0.05) is 18.8 Å². The van der Waals surface area contributed by atoms with Crippen LogP contribution in [0.4, 0.5) is 0 Å². The van der Waals surface area contributed by atoms with E-state index in [1.807, 2.05) is 13.0 Å². The molecule has 0 saturated carbocycles. The number of nitrogens with one attached hydrogen (secondary N) is 1. The normalized spacial score (nSPS) is 13.0. The molecule has 0 fully saturated rings. The van der Waals surface area contributed by atoms with E-state index in [1.165, 1.54) is 0 Å². The van der Waals surface area contributed by atoms with Crippen molar-refractivity contribution in [2.75, 3.05) is 0 Å². The third-order valence-corrected chi connectivity index (χ3v) is 2.03. The third-order valence-electron chi connectivity index (χ3n) is 2.03. The smallest absolute Gasteiger partial charge is 0.133 e. The number of nitrogens with zero attached hydrogens (tertiary/aromatic N) is 1. The lowest BCUT2D eigenvalue weighted by atomic mass is 10.2. The van der Waals surface area contributed by atoms with Gasteiger partial charge < -0.3 is 14.5 Å². The number of hydrogen-bond donors (Lipinski definition) is 2. The summed E-state index contributed by atoms with van der Waals surface area (Å²) in [5.41, 5.74) is 0. The molecule has 0 spiro atoms. The molecule has 0 bridgehead atoms. The van der Waals surface area contributed by atoms with Gasteiger partial charge in [-0.05, 0) is 19.1 Å². The van der Waals surface area contributed by atoms with Gasteiger partial charge in [-0.1, -0.05) is 0 Å². The summed E-state index contributed by atoms with van der Waals surface area (Å²) in [7, 11) is 0. The number of aliphatic hydroxyl groups is 1. The minimum atomic E-state index is -0.630. The van der Waals surface area contributed by atoms with Crippen LogP contribution in [0.3, 0.4) is 0 Å². The van der Waals surface area contributed by atoms with E-state index < -0.39 is 6.10 Å². The van der Waals surface area contributed by atoms with E-state index in [4.69, 9.17) is 4.42 Å². The summed E-state index contributed by atoms with van der Waals surface area (Å²) < 4.78 is 5.30. The monoisotopic (exact) mass is 192 g/mol. The summed E-state index contributed by atoms with van der Waals surface area (Å²) in [6, 6.07) is 3.61. The van der Waals surface area contributed by atoms with Crippen molar-refractivity contribution in [3.05, 3.63) is 41.9 Å². The highest BCUT2D eigenvalue weighted by atomic mass is 16.4. The Hall–Kier alpha value is -1.55. The number of rotatable bonds is 3. The third kappa shape index (κ3) is 1.85. The summed E-state index contributed by atoms with van der Waals surface area (Å²) in [5, 5.41) is 9.75. The number of hydrogen-bond acceptors (Lipinski definition) is 3. The predicted octanol–water partition coefficient (Wildman–Crippen LogP) is 1.59. The minimum Gasteiger partial charge on any atom is -0.464 e. The fourth-order valence-corrected chi connectivity index (χ4v) is 1.33. The van der Waals surface area contributed by atoms with Gasteiger partial charge in [-0.15, -0.1) is 0 Å². The van der Waals surface area contributed by atoms with Crippen molar-refractivity contribution in [2.45, 2.75) is 19.4 Å². The van der Waals surface area contributed by atoms with Crippen LogP contribution in [0.25, 0.3) is 0 Å². The number of aromatic amines is 1. The molecule has 0 radical (unpaired) electrons. The first-order chi connectivity index (χ1) is 6.75. The van der Waals surface area contributed by atoms with Gasteiger partial charge in [0.25, 0.3) is 0 Å². The van der Waals surface area contributed by atoms with Gasteiger partial charge in [0.1, 0.15) is 23.4 Å². The summed E-state index contributed by atoms with van der Waals surface area (Å²) in [6.07, 6.45) is 3.21. The second kappa shape index (κ2) is 3.67. The maximum Gasteiger partial charge on any atom is 0.133 e. The summed E-state index contributed by atoms with van der Waals surface area (Å²) >= 11 is 0. The Morgan fingerprint density at radius 2 is 2.43 bits per heavy atom. The maximum atomic E-state index is 9.75. The van der Waals surface area contributed by atoms with Gasteiger partial charge in [-0.2, -0.15) is 0 Å². The quantitative estimate of drug-likeness (QED) is 0.776. The lowest BCUT2D eigenvalue weighted by Gasteiger charge is -2.04. The first-order valence-electron chi connectivity index (χ1n) is 4.48. The highest BCUT2D eigenvalue weighted by molar-refractivity contribution is 5.09. The van der Waals surface area contributed by atoms with E-state index >= 15 is 0 Å². The van der Waals surface area contributed by atoms with Gasteiger partial charge >= 0.3 is 0 Å². The van der Waals surface area contributed by atoms with Crippen LogP contribution < -0.4 is 0 Å². The fraction of sp³-hybridized carbons (Fsp3) is 0.300. The topological polar surface area (TPSA) is 62.1 Å². The van der Waals surface area contributed by atoms with Crippen LogP contribution in [0.5, 0.6) is 0 Å². The van der Waals surface area contributed by atoms with Gasteiger partial charge in [0.2, 0.25) is 0 Å². The number of aliphatic hydroxyl groups excluding tert-OH is 1. The fourth-order valence-electron chi connectivity index (χ4n) is 1.33. The predicted molar refractivity (Wildman–Crippen MR) is 50.7 cm³/mol. The van der Waals surface area contributed by atoms with Crippen LogP contribution in [0, 0.1) is 6.92 Å². The lowest BCUT2D eigenvalue weighted by molar-refractivity contribution is 0.147. The lowest BCUT2D eigenvalue weighted by Crippen LogP contribution is -2.01.